The zero-order valence-corrected chi connectivity index (χ0v) is 12.9. The molecule has 1 heterocycles. The Labute approximate surface area is 131 Å². The quantitative estimate of drug-likeness (QED) is 0.818. The summed E-state index contributed by atoms with van der Waals surface area (Å²) in [4.78, 5) is 5.10. The van der Waals surface area contributed by atoms with Crippen molar-refractivity contribution in [3.63, 3.8) is 0 Å². The summed E-state index contributed by atoms with van der Waals surface area (Å²) in [6, 6.07) is 5.15. The first-order chi connectivity index (χ1) is 9.66. The van der Waals surface area contributed by atoms with Crippen LogP contribution in [0, 0.1) is 0 Å². The monoisotopic (exact) mass is 332 g/mol. The summed E-state index contributed by atoms with van der Waals surface area (Å²) >= 11 is 13.4. The number of benzene rings is 1. The number of nitrogens with one attached hydrogen (secondary N) is 1. The van der Waals surface area contributed by atoms with Crippen molar-refractivity contribution in [2.75, 3.05) is 13.2 Å². The highest BCUT2D eigenvalue weighted by Gasteiger charge is 2.09. The molecule has 4 nitrogen and oxygen atoms in total. The van der Waals surface area contributed by atoms with Crippen LogP contribution in [0.15, 0.2) is 29.9 Å². The lowest BCUT2D eigenvalue weighted by molar-refractivity contribution is 0.106. The number of aliphatic hydroxyl groups excluding tert-OH is 1. The fourth-order valence-corrected chi connectivity index (χ4v) is 2.44. The minimum absolute atomic E-state index is 0.149. The van der Waals surface area contributed by atoms with Gasteiger partial charge in [0.25, 0.3) is 0 Å². The predicted molar refractivity (Wildman–Crippen MR) is 81.8 cm³/mol. The van der Waals surface area contributed by atoms with Crippen molar-refractivity contribution in [2.24, 2.45) is 0 Å². The first kappa shape index (κ1) is 15.5. The molecule has 0 aliphatic carbocycles. The van der Waals surface area contributed by atoms with Gasteiger partial charge in [-0.05, 0) is 12.1 Å². The normalized spacial score (nSPS) is 12.3. The molecule has 0 saturated carbocycles. The van der Waals surface area contributed by atoms with Gasteiger partial charge in [0.1, 0.15) is 23.5 Å². The lowest BCUT2D eigenvalue weighted by atomic mass is 10.3. The first-order valence-corrected chi connectivity index (χ1v) is 7.63. The zero-order chi connectivity index (χ0) is 14.4. The van der Waals surface area contributed by atoms with Gasteiger partial charge in [-0.3, -0.25) is 4.98 Å². The predicted octanol–water partition coefficient (Wildman–Crippen LogP) is 2.98. The SMILES string of the molecule is OC(CNCc1cncs1)COc1cccc(Cl)c1Cl. The van der Waals surface area contributed by atoms with Gasteiger partial charge in [-0.25, -0.2) is 0 Å². The summed E-state index contributed by atoms with van der Waals surface area (Å²) in [5, 5.41) is 13.7. The summed E-state index contributed by atoms with van der Waals surface area (Å²) in [5.41, 5.74) is 1.78. The molecule has 0 radical (unpaired) electrons. The van der Waals surface area contributed by atoms with E-state index in [-0.39, 0.29) is 6.61 Å². The molecule has 108 valence electrons. The molecule has 1 atom stereocenters. The van der Waals surface area contributed by atoms with Gasteiger partial charge in [-0.1, -0.05) is 29.3 Å². The Morgan fingerprint density at radius 2 is 2.25 bits per heavy atom. The molecule has 1 aromatic carbocycles. The van der Waals surface area contributed by atoms with Gasteiger partial charge in [-0.2, -0.15) is 0 Å². The van der Waals surface area contributed by atoms with E-state index < -0.39 is 6.10 Å². The second-order valence-electron chi connectivity index (χ2n) is 4.12. The Balaban J connectivity index is 1.72. The number of nitrogens with zero attached hydrogens (tertiary/aromatic N) is 1. The van der Waals surface area contributed by atoms with Crippen LogP contribution in [0.25, 0.3) is 0 Å². The number of aliphatic hydroxyl groups is 1. The molecule has 0 bridgehead atoms. The van der Waals surface area contributed by atoms with Crippen LogP contribution in [0.5, 0.6) is 5.75 Å². The molecule has 1 aromatic heterocycles. The first-order valence-electron chi connectivity index (χ1n) is 6.00. The molecule has 7 heteroatoms. The largest absolute Gasteiger partial charge is 0.489 e. The van der Waals surface area contributed by atoms with Crippen molar-refractivity contribution >= 4 is 34.5 Å². The van der Waals surface area contributed by atoms with Gasteiger partial charge >= 0.3 is 0 Å². The Morgan fingerprint density at radius 1 is 1.40 bits per heavy atom. The minimum Gasteiger partial charge on any atom is -0.489 e. The van der Waals surface area contributed by atoms with E-state index >= 15 is 0 Å². The van der Waals surface area contributed by atoms with Crippen LogP contribution in [0.2, 0.25) is 10.0 Å². The number of ether oxygens (including phenoxy) is 1. The fourth-order valence-electron chi connectivity index (χ4n) is 1.53. The van der Waals surface area contributed by atoms with E-state index in [4.69, 9.17) is 27.9 Å². The Morgan fingerprint density at radius 3 is 3.00 bits per heavy atom. The molecule has 0 aliphatic heterocycles. The third-order valence-electron chi connectivity index (χ3n) is 2.51. The maximum atomic E-state index is 9.82. The lowest BCUT2D eigenvalue weighted by Gasteiger charge is -2.14. The van der Waals surface area contributed by atoms with Crippen LogP contribution in [0.3, 0.4) is 0 Å². The van der Waals surface area contributed by atoms with Gasteiger partial charge in [0.05, 0.1) is 10.5 Å². The highest BCUT2D eigenvalue weighted by molar-refractivity contribution is 7.09. The Hall–Kier alpha value is -0.850. The van der Waals surface area contributed by atoms with Crippen molar-refractivity contribution in [3.8, 4) is 5.75 Å². The topological polar surface area (TPSA) is 54.4 Å². The number of rotatable bonds is 7. The third-order valence-corrected chi connectivity index (χ3v) is 4.09. The van der Waals surface area contributed by atoms with Gasteiger partial charge < -0.3 is 15.2 Å². The van der Waals surface area contributed by atoms with E-state index in [1.54, 1.807) is 41.2 Å². The highest BCUT2D eigenvalue weighted by atomic mass is 35.5. The molecule has 2 aromatic rings. The van der Waals surface area contributed by atoms with Crippen molar-refractivity contribution in [1.82, 2.24) is 10.3 Å². The Kier molecular flexibility index (Phi) is 6.06. The van der Waals surface area contributed by atoms with E-state index in [2.05, 4.69) is 10.3 Å². The molecule has 2 rings (SSSR count). The standard InChI is InChI=1S/C13H14Cl2N2O2S/c14-11-2-1-3-12(13(11)15)19-7-9(18)4-16-5-10-6-17-8-20-10/h1-3,6,8-9,16,18H,4-5,7H2. The van der Waals surface area contributed by atoms with Gasteiger partial charge in [-0.15, -0.1) is 11.3 Å². The molecule has 20 heavy (non-hydrogen) atoms. The van der Waals surface area contributed by atoms with Crippen molar-refractivity contribution in [1.29, 1.82) is 0 Å². The molecular formula is C13H14Cl2N2O2S. The highest BCUT2D eigenvalue weighted by Crippen LogP contribution is 2.31. The maximum Gasteiger partial charge on any atom is 0.139 e. The van der Waals surface area contributed by atoms with Crippen molar-refractivity contribution in [2.45, 2.75) is 12.6 Å². The molecule has 2 N–H and O–H groups in total. The van der Waals surface area contributed by atoms with E-state index in [9.17, 15) is 5.11 Å². The fraction of sp³-hybridized carbons (Fsp3) is 0.308. The average Bonchev–Trinajstić information content (AvgIpc) is 2.94. The van der Waals surface area contributed by atoms with E-state index in [0.717, 1.165) is 4.88 Å². The van der Waals surface area contributed by atoms with Crippen LogP contribution in [0.4, 0.5) is 0 Å². The summed E-state index contributed by atoms with van der Waals surface area (Å²) < 4.78 is 5.45. The summed E-state index contributed by atoms with van der Waals surface area (Å²) in [6.07, 6.45) is 1.17. The molecule has 0 fully saturated rings. The zero-order valence-electron chi connectivity index (χ0n) is 10.6. The summed E-state index contributed by atoms with van der Waals surface area (Å²) in [7, 11) is 0. The Bertz CT molecular complexity index is 537. The van der Waals surface area contributed by atoms with E-state index in [1.165, 1.54) is 0 Å². The van der Waals surface area contributed by atoms with E-state index in [0.29, 0.717) is 28.9 Å². The van der Waals surface area contributed by atoms with Crippen molar-refractivity contribution < 1.29 is 9.84 Å². The van der Waals surface area contributed by atoms with Gasteiger partial charge in [0.15, 0.2) is 0 Å². The molecule has 1 unspecified atom stereocenters. The molecular weight excluding hydrogens is 319 g/mol. The molecule has 0 saturated heterocycles. The van der Waals surface area contributed by atoms with Crippen LogP contribution in [0.1, 0.15) is 4.88 Å². The molecule has 0 aliphatic rings. The molecule has 0 spiro atoms. The lowest BCUT2D eigenvalue weighted by Crippen LogP contribution is -2.31. The third kappa shape index (κ3) is 4.61. The number of hydrogen-bond donors (Lipinski definition) is 2. The summed E-state index contributed by atoms with van der Waals surface area (Å²) in [5.74, 6) is 0.473. The van der Waals surface area contributed by atoms with Crippen LogP contribution in [-0.2, 0) is 6.54 Å². The molecule has 0 amide bonds. The van der Waals surface area contributed by atoms with Crippen molar-refractivity contribution in [3.05, 3.63) is 44.8 Å². The number of aromatic nitrogens is 1. The average molecular weight is 333 g/mol. The van der Waals surface area contributed by atoms with Crippen LogP contribution >= 0.6 is 34.5 Å². The number of hydrogen-bond acceptors (Lipinski definition) is 5. The van der Waals surface area contributed by atoms with Gasteiger partial charge in [0.2, 0.25) is 0 Å². The number of thiazole rings is 1. The minimum atomic E-state index is -0.627. The maximum absolute atomic E-state index is 9.82. The van der Waals surface area contributed by atoms with Crippen LogP contribution < -0.4 is 10.1 Å². The second-order valence-corrected chi connectivity index (χ2v) is 5.87. The van der Waals surface area contributed by atoms with E-state index in [1.807, 2.05) is 0 Å². The second kappa shape index (κ2) is 7.81. The van der Waals surface area contributed by atoms with Gasteiger partial charge in [0, 0.05) is 24.2 Å². The van der Waals surface area contributed by atoms with Crippen LogP contribution in [-0.4, -0.2) is 29.3 Å². The summed E-state index contributed by atoms with van der Waals surface area (Å²) in [6.45, 7) is 1.26. The number of halogens is 2. The smallest absolute Gasteiger partial charge is 0.139 e.